The second-order valence-corrected chi connectivity index (χ2v) is 31.3. The Kier molecular flexibility index (Phi) is 14.8. The number of rotatable bonds is 8. The van der Waals surface area contributed by atoms with Crippen LogP contribution >= 0.6 is 11.3 Å². The average Bonchev–Trinajstić information content (AvgIpc) is 1.53. The summed E-state index contributed by atoms with van der Waals surface area (Å²) in [6.07, 6.45) is 0. The fourth-order valence-electron chi connectivity index (χ4n) is 18.4. The molecule has 25 rings (SSSR count). The van der Waals surface area contributed by atoms with Crippen molar-refractivity contribution in [1.29, 1.82) is 0 Å². The number of benzene rings is 19. The fraction of sp³-hybridized carbons (Fsp3) is 0. The van der Waals surface area contributed by atoms with E-state index >= 15 is 0 Å². The Balaban J connectivity index is 0.000000134. The molecule has 0 unspecified atom stereocenters. The van der Waals surface area contributed by atoms with Crippen LogP contribution in [-0.2, 0) is 0 Å². The van der Waals surface area contributed by atoms with Crippen LogP contribution in [0.2, 0.25) is 0 Å². The van der Waals surface area contributed by atoms with Crippen LogP contribution in [0.4, 0.5) is 0 Å². The van der Waals surface area contributed by atoms with Crippen molar-refractivity contribution >= 4 is 173 Å². The minimum absolute atomic E-state index is 0.686. The number of hydrogen-bond donors (Lipinski definition) is 0. The predicted octanol–water partition coefficient (Wildman–Crippen LogP) is 29.5. The van der Waals surface area contributed by atoms with Gasteiger partial charge in [-0.25, -0.2) is 19.9 Å². The van der Waals surface area contributed by atoms with E-state index in [2.05, 4.69) is 379 Å². The van der Waals surface area contributed by atoms with Crippen LogP contribution in [0, 0.1) is 0 Å². The van der Waals surface area contributed by atoms with Crippen molar-refractivity contribution in [2.45, 2.75) is 0 Å². The van der Waals surface area contributed by atoms with E-state index in [0.29, 0.717) is 5.82 Å². The van der Waals surface area contributed by atoms with Gasteiger partial charge in [-0.15, -0.1) is 11.3 Å². The molecule has 19 aromatic carbocycles. The molecule has 116 heavy (non-hydrogen) atoms. The molecule has 0 aliphatic heterocycles. The van der Waals surface area contributed by atoms with Gasteiger partial charge < -0.3 is 13.6 Å². The first-order chi connectivity index (χ1) is 57.5. The lowest BCUT2D eigenvalue weighted by Crippen LogP contribution is -1.99. The number of fused-ring (bicyclic) bond motifs is 19. The van der Waals surface area contributed by atoms with Gasteiger partial charge in [-0.05, 0) is 175 Å². The zero-order chi connectivity index (χ0) is 76.1. The second kappa shape index (κ2) is 26.2. The van der Waals surface area contributed by atoms with Gasteiger partial charge in [0, 0.05) is 96.3 Å². The molecule has 0 aliphatic rings. The van der Waals surface area contributed by atoms with E-state index < -0.39 is 0 Å². The molecule has 0 N–H and O–H groups in total. The maximum Gasteiger partial charge on any atom is 0.161 e. The van der Waals surface area contributed by atoms with E-state index in [1.54, 1.807) is 0 Å². The second-order valence-electron chi connectivity index (χ2n) is 30.2. The van der Waals surface area contributed by atoms with Gasteiger partial charge in [0.2, 0.25) is 0 Å². The quantitative estimate of drug-likeness (QED) is 0.152. The first-order valence-electron chi connectivity index (χ1n) is 39.4. The number of furan rings is 1. The first kappa shape index (κ1) is 65.5. The van der Waals surface area contributed by atoms with Crippen LogP contribution in [0.5, 0.6) is 0 Å². The van der Waals surface area contributed by atoms with E-state index in [0.717, 1.165) is 116 Å². The third-order valence-corrected chi connectivity index (χ3v) is 24.9. The van der Waals surface area contributed by atoms with Gasteiger partial charge in [0.05, 0.1) is 55.9 Å². The molecule has 6 aromatic heterocycles. The minimum atomic E-state index is 0.686. The van der Waals surface area contributed by atoms with Crippen LogP contribution in [0.1, 0.15) is 0 Å². The van der Waals surface area contributed by atoms with E-state index in [4.69, 9.17) is 24.4 Å². The smallest absolute Gasteiger partial charge is 0.161 e. The summed E-state index contributed by atoms with van der Waals surface area (Å²) >= 11 is 1.83. The maximum absolute atomic E-state index is 6.32. The van der Waals surface area contributed by atoms with Crippen LogP contribution in [0.15, 0.2) is 393 Å². The van der Waals surface area contributed by atoms with Gasteiger partial charge >= 0.3 is 0 Å². The van der Waals surface area contributed by atoms with Crippen molar-refractivity contribution in [3.05, 3.63) is 388 Å². The zero-order valence-corrected chi connectivity index (χ0v) is 63.3. The predicted molar refractivity (Wildman–Crippen MR) is 488 cm³/mol. The van der Waals surface area contributed by atoms with E-state index in [1.165, 1.54) is 118 Å². The molecule has 0 spiro atoms. The lowest BCUT2D eigenvalue weighted by molar-refractivity contribution is 0.669. The number of thiophene rings is 1. The zero-order valence-electron chi connectivity index (χ0n) is 62.5. The Morgan fingerprint density at radius 1 is 0.216 bits per heavy atom. The van der Waals surface area contributed by atoms with Crippen LogP contribution in [0.3, 0.4) is 0 Å². The highest BCUT2D eigenvalue weighted by Crippen LogP contribution is 2.48. The summed E-state index contributed by atoms with van der Waals surface area (Å²) in [7, 11) is 0. The van der Waals surface area contributed by atoms with Gasteiger partial charge in [-0.3, -0.25) is 0 Å². The van der Waals surface area contributed by atoms with Gasteiger partial charge in [-0.1, -0.05) is 279 Å². The Morgan fingerprint density at radius 2 is 0.647 bits per heavy atom. The van der Waals surface area contributed by atoms with E-state index in [9.17, 15) is 0 Å². The molecule has 7 nitrogen and oxygen atoms in total. The van der Waals surface area contributed by atoms with Gasteiger partial charge in [0.15, 0.2) is 11.6 Å². The molecule has 25 aromatic rings. The third-order valence-electron chi connectivity index (χ3n) is 23.7. The van der Waals surface area contributed by atoms with Crippen molar-refractivity contribution in [3.8, 4) is 78.9 Å². The summed E-state index contributed by atoms with van der Waals surface area (Å²) in [5.41, 5.74) is 21.2. The number of para-hydroxylation sites is 3. The van der Waals surface area contributed by atoms with Crippen molar-refractivity contribution in [1.82, 2.24) is 29.1 Å². The Labute approximate surface area is 668 Å². The molecule has 0 amide bonds. The number of hydrogen-bond acceptors (Lipinski definition) is 6. The third kappa shape index (κ3) is 10.4. The lowest BCUT2D eigenvalue weighted by atomic mass is 9.96. The van der Waals surface area contributed by atoms with E-state index in [1.807, 2.05) is 29.5 Å². The Morgan fingerprint density at radius 3 is 1.23 bits per heavy atom. The Bertz CT molecular complexity index is 8440. The molecule has 6 heterocycles. The lowest BCUT2D eigenvalue weighted by Gasteiger charge is -2.16. The molecule has 538 valence electrons. The highest BCUT2D eigenvalue weighted by molar-refractivity contribution is 7.25. The summed E-state index contributed by atoms with van der Waals surface area (Å²) in [4.78, 5) is 21.3. The monoisotopic (exact) mass is 1490 g/mol. The van der Waals surface area contributed by atoms with Crippen molar-refractivity contribution < 1.29 is 4.42 Å². The first-order valence-corrected chi connectivity index (χ1v) is 40.2. The topological polar surface area (TPSA) is 74.6 Å². The molecular weight excluding hydrogens is 1430 g/mol. The molecule has 0 radical (unpaired) electrons. The molecule has 0 fully saturated rings. The molecule has 0 atom stereocenters. The minimum Gasteiger partial charge on any atom is -0.456 e. The average molecular weight is 1490 g/mol. The molecular formula is C108H64N6OS. The summed E-state index contributed by atoms with van der Waals surface area (Å²) in [5, 5.41) is 23.6. The normalized spacial score (nSPS) is 12.0. The largest absolute Gasteiger partial charge is 0.456 e. The Hall–Kier alpha value is -15.2. The molecule has 0 aliphatic carbocycles. The fourth-order valence-corrected chi connectivity index (χ4v) is 19.6. The summed E-state index contributed by atoms with van der Waals surface area (Å²) < 4.78 is 13.8. The SMILES string of the molecule is c1ccc(-c2cccc3c2c2cc4ccccc4cc2n3-c2ccc(-c3nc(-c4ccc5c(c4)oc4ccccc45)c4ccccc4n3)c3ccccc23)cc1.c1ccc2cc(-c3cccc4c3c3cc5ccccc5cc3n4-c3ccc(-c4nc(-c5ccc6c(c5)sc5ccccc56)c5ccccc5n4)c4ccccc34)ccc2c1. The van der Waals surface area contributed by atoms with E-state index in [-0.39, 0.29) is 0 Å². The van der Waals surface area contributed by atoms with Crippen LogP contribution < -0.4 is 0 Å². The summed E-state index contributed by atoms with van der Waals surface area (Å²) in [5.74, 6) is 1.40. The maximum atomic E-state index is 6.32. The highest BCUT2D eigenvalue weighted by Gasteiger charge is 2.25. The highest BCUT2D eigenvalue weighted by atomic mass is 32.1. The van der Waals surface area contributed by atoms with Gasteiger partial charge in [0.1, 0.15) is 11.2 Å². The molecule has 0 saturated heterocycles. The summed E-state index contributed by atoms with van der Waals surface area (Å²) in [6.45, 7) is 0. The van der Waals surface area contributed by atoms with Gasteiger partial charge in [0.25, 0.3) is 0 Å². The van der Waals surface area contributed by atoms with Crippen LogP contribution in [-0.4, -0.2) is 29.1 Å². The van der Waals surface area contributed by atoms with Crippen LogP contribution in [0.25, 0.3) is 240 Å². The number of aromatic nitrogens is 6. The van der Waals surface area contributed by atoms with Crippen molar-refractivity contribution in [3.63, 3.8) is 0 Å². The molecule has 0 saturated carbocycles. The molecule has 8 heteroatoms. The van der Waals surface area contributed by atoms with Crippen molar-refractivity contribution in [2.75, 3.05) is 0 Å². The number of nitrogens with zero attached hydrogens (tertiary/aromatic N) is 6. The standard InChI is InChI=1S/C56H33N3S.C52H31N3O/c1-2-13-35-30-38(25-24-34(35)12-1)40-20-11-22-50-54(40)47-31-36-14-3-4-15-37(36)32-51(47)59(50)49-29-28-45(41-16-5-6-17-42(41)49)56-57-48-21-9-7-19-46(48)55(58-56)39-26-27-44-43-18-8-10-23-52(43)60-53(44)33-39;1-2-13-32(14-3-1)36-21-12-23-46-50(36)43-29-33-15-4-5-16-34(33)30-47(43)55(46)45-28-27-41(37-17-6-7-18-38(37)45)52-53-44-22-10-8-20-42(44)51(54-52)35-25-26-40-39-19-9-11-24-48(39)56-49(40)31-35/h1-33H;1-31H. The molecule has 0 bridgehead atoms. The van der Waals surface area contributed by atoms with Crippen molar-refractivity contribution in [2.24, 2.45) is 0 Å². The van der Waals surface area contributed by atoms with Gasteiger partial charge in [-0.2, -0.15) is 0 Å². The summed E-state index contributed by atoms with van der Waals surface area (Å²) in [6, 6.07) is 140.